The number of ether oxygens (including phenoxy) is 1. The fourth-order valence-electron chi connectivity index (χ4n) is 3.36. The third-order valence-corrected chi connectivity index (χ3v) is 4.92. The Morgan fingerprint density at radius 2 is 1.62 bits per heavy atom. The highest BCUT2D eigenvalue weighted by atomic mass is 19.4. The van der Waals surface area contributed by atoms with Crippen LogP contribution in [0.25, 0.3) is 16.6 Å². The van der Waals surface area contributed by atoms with Crippen LogP contribution >= 0.6 is 0 Å². The first kappa shape index (κ1) is 23.3. The molecule has 32 heavy (non-hydrogen) atoms. The molecule has 3 aromatic carbocycles. The standard InChI is InChI=1S/C23H19F4N3O.CH4/c1-14(28)22(15-2-4-17(5-3-15)23(25,26)27)31-20-10-11-21-16(12-20)13-29-30(21)19-8-6-18(24)7-9-19;/h2-14,22H,28H2,1H3;1H4/t14-,22-;/m0./s1. The fourth-order valence-corrected chi connectivity index (χ4v) is 3.36. The summed E-state index contributed by atoms with van der Waals surface area (Å²) < 4.78 is 59.4. The Balaban J connectivity index is 0.00000289. The highest BCUT2D eigenvalue weighted by molar-refractivity contribution is 5.81. The topological polar surface area (TPSA) is 53.1 Å². The molecular weight excluding hydrogens is 422 g/mol. The van der Waals surface area contributed by atoms with E-state index in [4.69, 9.17) is 10.5 Å². The van der Waals surface area contributed by atoms with Gasteiger partial charge in [0, 0.05) is 11.4 Å². The lowest BCUT2D eigenvalue weighted by molar-refractivity contribution is -0.137. The molecule has 168 valence electrons. The molecule has 0 bridgehead atoms. The van der Waals surface area contributed by atoms with E-state index in [1.54, 1.807) is 42.1 Å². The van der Waals surface area contributed by atoms with Crippen LogP contribution in [0.1, 0.15) is 31.6 Å². The van der Waals surface area contributed by atoms with Gasteiger partial charge < -0.3 is 10.5 Å². The van der Waals surface area contributed by atoms with Crippen molar-refractivity contribution >= 4 is 10.9 Å². The summed E-state index contributed by atoms with van der Waals surface area (Å²) in [4.78, 5) is 0. The van der Waals surface area contributed by atoms with Gasteiger partial charge in [-0.3, -0.25) is 0 Å². The maximum absolute atomic E-state index is 13.2. The molecule has 1 aromatic heterocycles. The Hall–Kier alpha value is -3.39. The molecule has 0 radical (unpaired) electrons. The van der Waals surface area contributed by atoms with Crippen molar-refractivity contribution in [3.63, 3.8) is 0 Å². The number of aromatic nitrogens is 2. The molecule has 0 saturated heterocycles. The van der Waals surface area contributed by atoms with Gasteiger partial charge in [0.05, 0.1) is 23.0 Å². The molecule has 1 heterocycles. The van der Waals surface area contributed by atoms with Crippen LogP contribution in [0, 0.1) is 5.82 Å². The first-order chi connectivity index (χ1) is 14.7. The Bertz CT molecular complexity index is 1180. The van der Waals surface area contributed by atoms with Crippen molar-refractivity contribution in [1.82, 2.24) is 9.78 Å². The average molecular weight is 445 g/mol. The van der Waals surface area contributed by atoms with Gasteiger partial charge in [-0.15, -0.1) is 0 Å². The van der Waals surface area contributed by atoms with Crippen molar-refractivity contribution < 1.29 is 22.3 Å². The molecule has 0 saturated carbocycles. The number of rotatable bonds is 5. The summed E-state index contributed by atoms with van der Waals surface area (Å²) in [6, 6.07) is 15.6. The van der Waals surface area contributed by atoms with Gasteiger partial charge in [-0.05, 0) is 67.1 Å². The zero-order valence-corrected chi connectivity index (χ0v) is 16.5. The fraction of sp³-hybridized carbons (Fsp3) is 0.208. The lowest BCUT2D eigenvalue weighted by atomic mass is 10.0. The van der Waals surface area contributed by atoms with E-state index >= 15 is 0 Å². The second kappa shape index (κ2) is 9.00. The zero-order valence-electron chi connectivity index (χ0n) is 16.5. The number of nitrogens with zero attached hydrogens (tertiary/aromatic N) is 2. The van der Waals surface area contributed by atoms with E-state index in [9.17, 15) is 17.6 Å². The number of fused-ring (bicyclic) bond motifs is 1. The van der Waals surface area contributed by atoms with Crippen LogP contribution in [-0.4, -0.2) is 15.8 Å². The predicted octanol–water partition coefficient (Wildman–Crippen LogP) is 6.29. The lowest BCUT2D eigenvalue weighted by Gasteiger charge is -2.23. The number of halogens is 4. The third-order valence-electron chi connectivity index (χ3n) is 4.92. The minimum Gasteiger partial charge on any atom is -0.484 e. The van der Waals surface area contributed by atoms with Crippen molar-refractivity contribution in [2.24, 2.45) is 5.73 Å². The summed E-state index contributed by atoms with van der Waals surface area (Å²) >= 11 is 0. The number of nitrogens with two attached hydrogens (primary N) is 1. The van der Waals surface area contributed by atoms with E-state index < -0.39 is 23.9 Å². The first-order valence-electron chi connectivity index (χ1n) is 9.55. The van der Waals surface area contributed by atoms with Crippen LogP contribution in [0.15, 0.2) is 72.9 Å². The molecule has 4 aromatic rings. The third kappa shape index (κ3) is 4.75. The number of alkyl halides is 3. The van der Waals surface area contributed by atoms with Crippen molar-refractivity contribution in [2.75, 3.05) is 0 Å². The minimum atomic E-state index is -4.40. The van der Waals surface area contributed by atoms with E-state index in [-0.39, 0.29) is 13.2 Å². The largest absolute Gasteiger partial charge is 0.484 e. The molecule has 0 amide bonds. The Morgan fingerprint density at radius 3 is 2.22 bits per heavy atom. The highest BCUT2D eigenvalue weighted by Gasteiger charge is 2.30. The van der Waals surface area contributed by atoms with E-state index in [2.05, 4.69) is 5.10 Å². The van der Waals surface area contributed by atoms with Gasteiger partial charge in [0.1, 0.15) is 17.7 Å². The van der Waals surface area contributed by atoms with Crippen molar-refractivity contribution in [3.05, 3.63) is 89.9 Å². The van der Waals surface area contributed by atoms with Crippen LogP contribution in [0.3, 0.4) is 0 Å². The second-order valence-corrected chi connectivity index (χ2v) is 7.27. The predicted molar refractivity (Wildman–Crippen MR) is 116 cm³/mol. The van der Waals surface area contributed by atoms with Gasteiger partial charge in [0.2, 0.25) is 0 Å². The van der Waals surface area contributed by atoms with Crippen LogP contribution in [0.2, 0.25) is 0 Å². The zero-order chi connectivity index (χ0) is 22.2. The van der Waals surface area contributed by atoms with Gasteiger partial charge in [-0.25, -0.2) is 9.07 Å². The summed E-state index contributed by atoms with van der Waals surface area (Å²) in [5, 5.41) is 5.14. The minimum absolute atomic E-state index is 0. The Kier molecular flexibility index (Phi) is 6.55. The summed E-state index contributed by atoms with van der Waals surface area (Å²) in [6.45, 7) is 1.73. The van der Waals surface area contributed by atoms with Gasteiger partial charge in [-0.1, -0.05) is 19.6 Å². The molecule has 2 N–H and O–H groups in total. The van der Waals surface area contributed by atoms with Crippen molar-refractivity contribution in [3.8, 4) is 11.4 Å². The van der Waals surface area contributed by atoms with E-state index in [1.165, 1.54) is 24.3 Å². The maximum atomic E-state index is 13.2. The number of hydrogen-bond donors (Lipinski definition) is 1. The van der Waals surface area contributed by atoms with Crippen LogP contribution in [0.5, 0.6) is 5.75 Å². The summed E-state index contributed by atoms with van der Waals surface area (Å²) in [5.41, 5.74) is 7.38. The molecule has 0 aliphatic carbocycles. The molecule has 0 unspecified atom stereocenters. The average Bonchev–Trinajstić information content (AvgIpc) is 3.15. The molecule has 0 aliphatic rings. The Morgan fingerprint density at radius 1 is 0.969 bits per heavy atom. The number of benzene rings is 3. The molecule has 2 atom stereocenters. The monoisotopic (exact) mass is 445 g/mol. The van der Waals surface area contributed by atoms with Crippen LogP contribution in [0.4, 0.5) is 17.6 Å². The van der Waals surface area contributed by atoms with Gasteiger partial charge >= 0.3 is 6.18 Å². The van der Waals surface area contributed by atoms with E-state index in [1.807, 2.05) is 6.07 Å². The molecule has 0 spiro atoms. The summed E-state index contributed by atoms with van der Waals surface area (Å²) in [5.74, 6) is 0.175. The molecular formula is C24H23F4N3O. The highest BCUT2D eigenvalue weighted by Crippen LogP contribution is 2.32. The molecule has 4 rings (SSSR count). The maximum Gasteiger partial charge on any atom is 0.416 e. The summed E-state index contributed by atoms with van der Waals surface area (Å²) in [6.07, 6.45) is -3.38. The summed E-state index contributed by atoms with van der Waals surface area (Å²) in [7, 11) is 0. The van der Waals surface area contributed by atoms with E-state index in [0.29, 0.717) is 17.0 Å². The molecule has 0 aliphatic heterocycles. The first-order valence-corrected chi connectivity index (χ1v) is 9.55. The number of hydrogen-bond acceptors (Lipinski definition) is 3. The quantitative estimate of drug-likeness (QED) is 0.368. The van der Waals surface area contributed by atoms with Crippen LogP contribution in [-0.2, 0) is 6.18 Å². The lowest BCUT2D eigenvalue weighted by Crippen LogP contribution is -2.29. The molecule has 4 nitrogen and oxygen atoms in total. The van der Waals surface area contributed by atoms with E-state index in [0.717, 1.165) is 23.0 Å². The van der Waals surface area contributed by atoms with Gasteiger partial charge in [-0.2, -0.15) is 18.3 Å². The van der Waals surface area contributed by atoms with Crippen molar-refractivity contribution in [1.29, 1.82) is 0 Å². The van der Waals surface area contributed by atoms with Crippen molar-refractivity contribution in [2.45, 2.75) is 32.7 Å². The second-order valence-electron chi connectivity index (χ2n) is 7.27. The Labute approximate surface area is 183 Å². The van der Waals surface area contributed by atoms with Gasteiger partial charge in [0.25, 0.3) is 0 Å². The normalized spacial score (nSPS) is 13.4. The smallest absolute Gasteiger partial charge is 0.416 e. The SMILES string of the molecule is C.C[C@H](N)[C@H](Oc1ccc2c(cnn2-c2ccc(F)cc2)c1)c1ccc(C(F)(F)F)cc1. The molecule has 8 heteroatoms. The molecule has 0 fully saturated rings. The van der Waals surface area contributed by atoms with Crippen LogP contribution < -0.4 is 10.5 Å². The van der Waals surface area contributed by atoms with Gasteiger partial charge in [0.15, 0.2) is 0 Å².